The number of halogens is 1. The Labute approximate surface area is 172 Å². The highest BCUT2D eigenvalue weighted by Crippen LogP contribution is 2.43. The van der Waals surface area contributed by atoms with Crippen LogP contribution in [-0.4, -0.2) is 49.4 Å². The fourth-order valence-electron chi connectivity index (χ4n) is 2.67. The van der Waals surface area contributed by atoms with Crippen molar-refractivity contribution in [1.29, 1.82) is 5.41 Å². The van der Waals surface area contributed by atoms with Gasteiger partial charge in [0.2, 0.25) is 5.96 Å². The van der Waals surface area contributed by atoms with E-state index in [1.165, 1.54) is 18.4 Å². The number of anilines is 1. The Kier molecular flexibility index (Phi) is 5.81. The van der Waals surface area contributed by atoms with Crippen molar-refractivity contribution in [2.75, 3.05) is 25.3 Å². The van der Waals surface area contributed by atoms with Crippen LogP contribution in [0.2, 0.25) is 5.02 Å². The zero-order chi connectivity index (χ0) is 20.5. The van der Waals surface area contributed by atoms with Gasteiger partial charge in [-0.15, -0.1) is 17.3 Å². The van der Waals surface area contributed by atoms with E-state index in [2.05, 4.69) is 16.8 Å². The fraction of sp³-hybridized carbons (Fsp3) is 0.294. The van der Waals surface area contributed by atoms with Gasteiger partial charge in [0, 0.05) is 35.4 Å². The molecule has 2 aromatic rings. The molecule has 0 aliphatic carbocycles. The van der Waals surface area contributed by atoms with Gasteiger partial charge in [0.1, 0.15) is 11.7 Å². The Hall–Kier alpha value is -2.32. The Morgan fingerprint density at radius 2 is 2.25 bits per heavy atom. The molecule has 0 bridgehead atoms. The van der Waals surface area contributed by atoms with Crippen LogP contribution in [0.5, 0.6) is 0 Å². The van der Waals surface area contributed by atoms with E-state index in [9.17, 15) is 8.42 Å². The molecule has 1 saturated heterocycles. The van der Waals surface area contributed by atoms with Gasteiger partial charge < -0.3 is 15.4 Å². The van der Waals surface area contributed by atoms with Crippen molar-refractivity contribution in [3.8, 4) is 22.3 Å². The summed E-state index contributed by atoms with van der Waals surface area (Å²) < 4.78 is 31.7. The first-order chi connectivity index (χ1) is 13.3. The molecule has 2 aromatic heterocycles. The highest BCUT2D eigenvalue weighted by molar-refractivity contribution is 7.90. The lowest BCUT2D eigenvalue weighted by Crippen LogP contribution is -2.49. The zero-order valence-electron chi connectivity index (χ0n) is 15.1. The van der Waals surface area contributed by atoms with E-state index in [0.717, 1.165) is 20.3 Å². The third-order valence-corrected chi connectivity index (χ3v) is 7.78. The summed E-state index contributed by atoms with van der Waals surface area (Å²) in [5.74, 6) is 5.22. The monoisotopic (exact) mass is 439 g/mol. The second-order valence-electron chi connectivity index (χ2n) is 5.92. The van der Waals surface area contributed by atoms with Gasteiger partial charge in [0.15, 0.2) is 5.37 Å². The maximum absolute atomic E-state index is 12.8. The number of guanidine groups is 1. The predicted molar refractivity (Wildman–Crippen MR) is 111 cm³/mol. The number of hydrogen-bond acceptors (Lipinski definition) is 7. The Bertz CT molecular complexity index is 1070. The number of hydrogen-bond donors (Lipinski definition) is 2. The molecule has 3 heterocycles. The maximum atomic E-state index is 12.8. The van der Waals surface area contributed by atoms with E-state index in [0.29, 0.717) is 10.0 Å². The van der Waals surface area contributed by atoms with E-state index >= 15 is 0 Å². The van der Waals surface area contributed by atoms with Gasteiger partial charge in [-0.2, -0.15) is 0 Å². The zero-order valence-corrected chi connectivity index (χ0v) is 17.5. The smallest absolute Gasteiger partial charge is 0.260 e. The Morgan fingerprint density at radius 3 is 2.93 bits per heavy atom. The van der Waals surface area contributed by atoms with Gasteiger partial charge in [0.05, 0.1) is 11.6 Å². The number of sulfonamides is 1. The first kappa shape index (κ1) is 20.4. The van der Waals surface area contributed by atoms with Gasteiger partial charge in [-0.3, -0.25) is 10.4 Å². The SMILES string of the molecule is CC#Cc1cncc(-c2cc(Cl)c(N3COCC3S(=O)(=O)N(C)C(=N)N)s2)c1. The molecule has 148 valence electrons. The Balaban J connectivity index is 1.97. The second-order valence-corrected chi connectivity index (χ2v) is 9.48. The quantitative estimate of drug-likeness (QED) is 0.428. The summed E-state index contributed by atoms with van der Waals surface area (Å²) in [6.45, 7) is 1.76. The van der Waals surface area contributed by atoms with E-state index in [1.807, 2.05) is 6.07 Å². The van der Waals surface area contributed by atoms with Gasteiger partial charge in [-0.1, -0.05) is 17.5 Å². The summed E-state index contributed by atoms with van der Waals surface area (Å²) >= 11 is 7.76. The molecule has 0 saturated carbocycles. The van der Waals surface area contributed by atoms with Crippen molar-refractivity contribution in [2.24, 2.45) is 5.73 Å². The number of nitrogens with zero attached hydrogens (tertiary/aromatic N) is 3. The maximum Gasteiger partial charge on any atom is 0.260 e. The lowest BCUT2D eigenvalue weighted by Gasteiger charge is -2.27. The molecule has 0 spiro atoms. The molecule has 0 aromatic carbocycles. The molecular formula is C17H18ClN5O3S2. The number of rotatable bonds is 4. The number of thiophene rings is 1. The molecule has 1 atom stereocenters. The van der Waals surface area contributed by atoms with E-state index in [-0.39, 0.29) is 13.3 Å². The lowest BCUT2D eigenvalue weighted by atomic mass is 10.2. The summed E-state index contributed by atoms with van der Waals surface area (Å²) in [7, 11) is -2.68. The van der Waals surface area contributed by atoms with Crippen molar-refractivity contribution in [2.45, 2.75) is 12.3 Å². The molecule has 1 fully saturated rings. The minimum atomic E-state index is -3.92. The molecule has 0 amide bonds. The molecular weight excluding hydrogens is 422 g/mol. The molecule has 1 aliphatic rings. The highest BCUT2D eigenvalue weighted by atomic mass is 35.5. The van der Waals surface area contributed by atoms with E-state index < -0.39 is 21.4 Å². The lowest BCUT2D eigenvalue weighted by molar-refractivity contribution is 0.198. The average Bonchev–Trinajstić information content (AvgIpc) is 3.28. The van der Waals surface area contributed by atoms with Crippen LogP contribution in [0.25, 0.3) is 10.4 Å². The first-order valence-electron chi connectivity index (χ1n) is 8.09. The summed E-state index contributed by atoms with van der Waals surface area (Å²) in [6, 6.07) is 3.66. The molecule has 28 heavy (non-hydrogen) atoms. The third kappa shape index (κ3) is 3.79. The van der Waals surface area contributed by atoms with E-state index in [1.54, 1.807) is 30.3 Å². The van der Waals surface area contributed by atoms with Crippen LogP contribution >= 0.6 is 22.9 Å². The molecule has 1 aliphatic heterocycles. The highest BCUT2D eigenvalue weighted by Gasteiger charge is 2.41. The topological polar surface area (TPSA) is 113 Å². The van der Waals surface area contributed by atoms with Crippen LogP contribution < -0.4 is 10.6 Å². The molecule has 0 radical (unpaired) electrons. The van der Waals surface area contributed by atoms with Gasteiger partial charge in [-0.25, -0.2) is 12.7 Å². The van der Waals surface area contributed by atoms with Crippen LogP contribution in [0, 0.1) is 17.3 Å². The van der Waals surface area contributed by atoms with Crippen LogP contribution in [0.4, 0.5) is 5.00 Å². The summed E-state index contributed by atoms with van der Waals surface area (Å²) in [5.41, 5.74) is 6.96. The summed E-state index contributed by atoms with van der Waals surface area (Å²) in [6.07, 6.45) is 3.37. The van der Waals surface area contributed by atoms with E-state index in [4.69, 9.17) is 27.5 Å². The molecule has 3 rings (SSSR count). The predicted octanol–water partition coefficient (Wildman–Crippen LogP) is 2.11. The number of nitrogens with two attached hydrogens (primary N) is 1. The van der Waals surface area contributed by atoms with Gasteiger partial charge >= 0.3 is 0 Å². The molecule has 1 unspecified atom stereocenters. The van der Waals surface area contributed by atoms with Crippen LogP contribution in [0.15, 0.2) is 24.5 Å². The normalized spacial score (nSPS) is 16.5. The number of ether oxygens (including phenoxy) is 1. The minimum absolute atomic E-state index is 0.0490. The molecule has 11 heteroatoms. The number of nitrogens with one attached hydrogen (secondary N) is 1. The summed E-state index contributed by atoms with van der Waals surface area (Å²) in [4.78, 5) is 6.59. The average molecular weight is 440 g/mol. The standard InChI is InChI=1S/C17H18ClN5O3S2/c1-3-4-11-5-12(8-21-7-11)14-6-13(18)16(27-14)23-10-26-9-15(23)28(24,25)22(2)17(19)20/h5-8,15H,9-10H2,1-2H3,(H3,19,20). The van der Waals surface area contributed by atoms with Crippen LogP contribution in [-0.2, 0) is 14.8 Å². The Morgan fingerprint density at radius 1 is 1.50 bits per heavy atom. The number of aromatic nitrogens is 1. The van der Waals surface area contributed by atoms with Gasteiger partial charge in [-0.05, 0) is 19.1 Å². The fourth-order valence-corrected chi connectivity index (χ4v) is 5.59. The van der Waals surface area contributed by atoms with Crippen molar-refractivity contribution >= 4 is 43.9 Å². The third-order valence-electron chi connectivity index (χ3n) is 4.12. The molecule has 3 N–H and O–H groups in total. The van der Waals surface area contributed by atoms with Crippen LogP contribution in [0.3, 0.4) is 0 Å². The van der Waals surface area contributed by atoms with Crippen molar-refractivity contribution < 1.29 is 13.2 Å². The first-order valence-corrected chi connectivity index (χ1v) is 10.8. The minimum Gasteiger partial charge on any atom is -0.369 e. The van der Waals surface area contributed by atoms with Crippen molar-refractivity contribution in [3.05, 3.63) is 35.1 Å². The molecule has 8 nitrogen and oxygen atoms in total. The second kappa shape index (κ2) is 7.97. The van der Waals surface area contributed by atoms with Gasteiger partial charge in [0.25, 0.3) is 10.0 Å². The van der Waals surface area contributed by atoms with Crippen molar-refractivity contribution in [1.82, 2.24) is 9.29 Å². The van der Waals surface area contributed by atoms with Crippen LogP contribution in [0.1, 0.15) is 12.5 Å². The number of pyridine rings is 1. The summed E-state index contributed by atoms with van der Waals surface area (Å²) in [5, 5.41) is 7.37. The largest absolute Gasteiger partial charge is 0.369 e. The van der Waals surface area contributed by atoms with Crippen molar-refractivity contribution in [3.63, 3.8) is 0 Å².